The molecule has 5 heteroatoms. The number of non-ortho nitro benzene ring substituents is 1. The van der Waals surface area contributed by atoms with Crippen LogP contribution < -0.4 is 4.74 Å². The lowest BCUT2D eigenvalue weighted by atomic mass is 10.2. The maximum Gasteiger partial charge on any atom is 0.343 e. The van der Waals surface area contributed by atoms with E-state index in [1.807, 2.05) is 0 Å². The van der Waals surface area contributed by atoms with Gasteiger partial charge >= 0.3 is 5.97 Å². The Kier molecular flexibility index (Phi) is 3.33. The fourth-order valence-electron chi connectivity index (χ4n) is 1.32. The Morgan fingerprint density at radius 1 is 1.11 bits per heavy atom. The van der Waals surface area contributed by atoms with E-state index >= 15 is 0 Å². The second kappa shape index (κ2) is 5.09. The van der Waals surface area contributed by atoms with Gasteiger partial charge in [0.05, 0.1) is 10.5 Å². The van der Waals surface area contributed by atoms with Crippen LogP contribution in [0.3, 0.4) is 0 Å². The molecule has 0 unspecified atom stereocenters. The second-order valence-electron chi connectivity index (χ2n) is 3.43. The lowest BCUT2D eigenvalue weighted by Crippen LogP contribution is -2.08. The van der Waals surface area contributed by atoms with Crippen LogP contribution in [0, 0.1) is 16.2 Å². The van der Waals surface area contributed by atoms with Gasteiger partial charge in [-0.3, -0.25) is 10.1 Å². The third-order valence-electron chi connectivity index (χ3n) is 2.21. The zero-order valence-corrected chi connectivity index (χ0v) is 9.20. The summed E-state index contributed by atoms with van der Waals surface area (Å²) in [4.78, 5) is 21.6. The van der Waals surface area contributed by atoms with Crippen LogP contribution in [0.4, 0.5) is 5.69 Å². The number of carbonyl (C=O) groups is 1. The molecule has 2 aromatic rings. The second-order valence-corrected chi connectivity index (χ2v) is 3.43. The van der Waals surface area contributed by atoms with Gasteiger partial charge in [-0.05, 0) is 30.3 Å². The highest BCUT2D eigenvalue weighted by Crippen LogP contribution is 2.18. The summed E-state index contributed by atoms with van der Waals surface area (Å²) in [7, 11) is 0. The Hall–Kier alpha value is -2.69. The fraction of sp³-hybridized carbons (Fsp3) is 0. The highest BCUT2D eigenvalue weighted by atomic mass is 16.6. The van der Waals surface area contributed by atoms with E-state index in [2.05, 4.69) is 6.07 Å². The highest BCUT2D eigenvalue weighted by molar-refractivity contribution is 5.90. The lowest BCUT2D eigenvalue weighted by molar-refractivity contribution is -0.384. The van der Waals surface area contributed by atoms with Crippen LogP contribution in [-0.4, -0.2) is 10.9 Å². The van der Waals surface area contributed by atoms with Crippen molar-refractivity contribution in [3.8, 4) is 5.75 Å². The van der Waals surface area contributed by atoms with Crippen LogP contribution in [0.5, 0.6) is 5.75 Å². The molecule has 0 amide bonds. The lowest BCUT2D eigenvalue weighted by Gasteiger charge is -2.03. The summed E-state index contributed by atoms with van der Waals surface area (Å²) in [5.74, 6) is -0.253. The first-order valence-corrected chi connectivity index (χ1v) is 5.09. The smallest absolute Gasteiger partial charge is 0.343 e. The quantitative estimate of drug-likeness (QED) is 0.359. The first kappa shape index (κ1) is 11.8. The molecule has 2 aromatic carbocycles. The molecule has 0 bridgehead atoms. The van der Waals surface area contributed by atoms with Gasteiger partial charge in [0.15, 0.2) is 0 Å². The van der Waals surface area contributed by atoms with Crippen LogP contribution in [0.1, 0.15) is 10.4 Å². The maximum atomic E-state index is 11.7. The molecule has 0 aliphatic heterocycles. The van der Waals surface area contributed by atoms with E-state index in [9.17, 15) is 14.9 Å². The molecule has 0 saturated carbocycles. The van der Waals surface area contributed by atoms with Gasteiger partial charge < -0.3 is 4.74 Å². The molecule has 5 nitrogen and oxygen atoms in total. The minimum Gasteiger partial charge on any atom is -0.423 e. The number of carbonyl (C=O) groups excluding carboxylic acids is 1. The summed E-state index contributed by atoms with van der Waals surface area (Å²) < 4.78 is 5.06. The monoisotopic (exact) mass is 242 g/mol. The van der Waals surface area contributed by atoms with Crippen LogP contribution in [-0.2, 0) is 0 Å². The molecule has 0 saturated heterocycles. The van der Waals surface area contributed by atoms with E-state index in [0.29, 0.717) is 5.56 Å². The van der Waals surface area contributed by atoms with Crippen molar-refractivity contribution in [1.29, 1.82) is 0 Å². The predicted molar refractivity (Wildman–Crippen MR) is 63.3 cm³/mol. The van der Waals surface area contributed by atoms with Crippen molar-refractivity contribution in [2.45, 2.75) is 0 Å². The third-order valence-corrected chi connectivity index (χ3v) is 2.21. The predicted octanol–water partition coefficient (Wildman–Crippen LogP) is 2.61. The largest absolute Gasteiger partial charge is 0.423 e. The van der Waals surface area contributed by atoms with E-state index in [-0.39, 0.29) is 11.4 Å². The SMILES string of the molecule is O=C(Oc1ccc([N+](=O)[O-])cc1)c1cc[c]cc1. The van der Waals surface area contributed by atoms with Crippen LogP contribution in [0.2, 0.25) is 0 Å². The number of benzene rings is 2. The van der Waals surface area contributed by atoms with E-state index in [0.717, 1.165) is 0 Å². The average molecular weight is 242 g/mol. The van der Waals surface area contributed by atoms with Crippen LogP contribution in [0.15, 0.2) is 48.5 Å². The van der Waals surface area contributed by atoms with Crippen LogP contribution in [0.25, 0.3) is 0 Å². The van der Waals surface area contributed by atoms with Gasteiger partial charge in [0, 0.05) is 12.1 Å². The number of nitro groups is 1. The first-order chi connectivity index (χ1) is 8.66. The molecular weight excluding hydrogens is 234 g/mol. The number of esters is 1. The van der Waals surface area contributed by atoms with Crippen molar-refractivity contribution in [2.75, 3.05) is 0 Å². The van der Waals surface area contributed by atoms with Gasteiger partial charge in [-0.2, -0.15) is 0 Å². The number of nitro benzene ring substituents is 1. The van der Waals surface area contributed by atoms with E-state index in [1.165, 1.54) is 24.3 Å². The fourth-order valence-corrected chi connectivity index (χ4v) is 1.32. The molecular formula is C13H8NO4. The Balaban J connectivity index is 2.10. The number of hydrogen-bond donors (Lipinski definition) is 0. The van der Waals surface area contributed by atoms with Gasteiger partial charge in [0.25, 0.3) is 5.69 Å². The van der Waals surface area contributed by atoms with Crippen LogP contribution >= 0.6 is 0 Å². The Labute approximate surface area is 103 Å². The zero-order valence-electron chi connectivity index (χ0n) is 9.20. The normalized spacial score (nSPS) is 9.78. The zero-order chi connectivity index (χ0) is 13.0. The Bertz CT molecular complexity index is 563. The standard InChI is InChI=1S/C13H8NO4/c15-13(10-4-2-1-3-5-10)18-12-8-6-11(7-9-12)14(16)17/h2-9H. The Morgan fingerprint density at radius 3 is 2.28 bits per heavy atom. The van der Waals surface area contributed by atoms with Crippen molar-refractivity contribution < 1.29 is 14.5 Å². The number of ether oxygens (including phenoxy) is 1. The summed E-state index contributed by atoms with van der Waals surface area (Å²) >= 11 is 0. The summed E-state index contributed by atoms with van der Waals surface area (Å²) in [5.41, 5.74) is 0.344. The van der Waals surface area contributed by atoms with E-state index < -0.39 is 10.9 Å². The van der Waals surface area contributed by atoms with Gasteiger partial charge in [0.2, 0.25) is 0 Å². The number of hydrogen-bond acceptors (Lipinski definition) is 4. The summed E-state index contributed by atoms with van der Waals surface area (Å²) in [6.07, 6.45) is 0. The van der Waals surface area contributed by atoms with Gasteiger partial charge in [0.1, 0.15) is 5.75 Å². The maximum absolute atomic E-state index is 11.7. The number of nitrogens with zero attached hydrogens (tertiary/aromatic N) is 1. The summed E-state index contributed by atoms with van der Waals surface area (Å²) in [5, 5.41) is 10.5. The molecule has 1 radical (unpaired) electrons. The molecule has 2 rings (SSSR count). The van der Waals surface area contributed by atoms with E-state index in [1.54, 1.807) is 24.3 Å². The minimum atomic E-state index is -0.516. The Morgan fingerprint density at radius 2 is 1.72 bits per heavy atom. The molecule has 0 fully saturated rings. The van der Waals surface area contributed by atoms with Crippen molar-refractivity contribution in [3.63, 3.8) is 0 Å². The van der Waals surface area contributed by atoms with Crippen molar-refractivity contribution in [1.82, 2.24) is 0 Å². The molecule has 0 atom stereocenters. The first-order valence-electron chi connectivity index (χ1n) is 5.09. The molecule has 0 spiro atoms. The topological polar surface area (TPSA) is 69.4 Å². The number of rotatable bonds is 3. The van der Waals surface area contributed by atoms with Gasteiger partial charge in [-0.15, -0.1) is 0 Å². The summed E-state index contributed by atoms with van der Waals surface area (Å²) in [6, 6.07) is 14.5. The van der Waals surface area contributed by atoms with E-state index in [4.69, 9.17) is 4.74 Å². The molecule has 0 heterocycles. The molecule has 0 aliphatic rings. The molecule has 0 aromatic heterocycles. The molecule has 0 N–H and O–H groups in total. The van der Waals surface area contributed by atoms with Crippen molar-refractivity contribution >= 4 is 11.7 Å². The van der Waals surface area contributed by atoms with Gasteiger partial charge in [-0.25, -0.2) is 4.79 Å². The molecule has 89 valence electrons. The average Bonchev–Trinajstić information content (AvgIpc) is 2.40. The highest BCUT2D eigenvalue weighted by Gasteiger charge is 2.09. The van der Waals surface area contributed by atoms with Crippen molar-refractivity contribution in [3.05, 3.63) is 70.3 Å². The third kappa shape index (κ3) is 2.70. The van der Waals surface area contributed by atoms with Gasteiger partial charge in [-0.1, -0.05) is 12.1 Å². The molecule has 18 heavy (non-hydrogen) atoms. The summed E-state index contributed by atoms with van der Waals surface area (Å²) in [6.45, 7) is 0. The molecule has 0 aliphatic carbocycles. The van der Waals surface area contributed by atoms with Crippen molar-refractivity contribution in [2.24, 2.45) is 0 Å². The minimum absolute atomic E-state index is 0.0517.